The van der Waals surface area contributed by atoms with Gasteiger partial charge in [-0.15, -0.1) is 0 Å². The molecule has 2 amide bonds. The Morgan fingerprint density at radius 3 is 2.76 bits per heavy atom. The zero-order valence-corrected chi connectivity index (χ0v) is 16.5. The zero-order valence-electron chi connectivity index (χ0n) is 16.5. The highest BCUT2D eigenvalue weighted by atomic mass is 16.5. The summed E-state index contributed by atoms with van der Waals surface area (Å²) in [7, 11) is 1.68. The molecule has 3 aromatic rings. The molecule has 0 aliphatic carbocycles. The Hall–Kier alpha value is -3.12. The highest BCUT2D eigenvalue weighted by Crippen LogP contribution is 2.27. The molecule has 1 fully saturated rings. The summed E-state index contributed by atoms with van der Waals surface area (Å²) in [6, 6.07) is 17.7. The van der Waals surface area contributed by atoms with E-state index in [2.05, 4.69) is 9.88 Å². The number of fused-ring (bicyclic) bond motifs is 1. The van der Waals surface area contributed by atoms with E-state index in [1.54, 1.807) is 12.0 Å². The molecule has 29 heavy (non-hydrogen) atoms. The molecular weight excluding hydrogens is 366 g/mol. The lowest BCUT2D eigenvalue weighted by Gasteiger charge is -2.17. The van der Waals surface area contributed by atoms with Gasteiger partial charge >= 0.3 is 0 Å². The van der Waals surface area contributed by atoms with Gasteiger partial charge in [-0.2, -0.15) is 0 Å². The van der Waals surface area contributed by atoms with E-state index in [1.165, 1.54) is 0 Å². The Bertz CT molecular complexity index is 1010. The van der Waals surface area contributed by atoms with Crippen LogP contribution in [-0.4, -0.2) is 41.5 Å². The molecule has 2 heterocycles. The maximum Gasteiger partial charge on any atom is 0.229 e. The third-order valence-electron chi connectivity index (χ3n) is 5.41. The molecule has 0 unspecified atom stereocenters. The van der Waals surface area contributed by atoms with Crippen molar-refractivity contribution in [3.05, 3.63) is 66.4 Å². The Balaban J connectivity index is 1.44. The fourth-order valence-electron chi connectivity index (χ4n) is 3.86. The summed E-state index contributed by atoms with van der Waals surface area (Å²) in [5.74, 6) is -0.416. The number of nitrogens with zero attached hydrogens (tertiary/aromatic N) is 2. The second kappa shape index (κ2) is 8.49. The van der Waals surface area contributed by atoms with Crippen LogP contribution in [0.25, 0.3) is 10.9 Å². The van der Waals surface area contributed by atoms with Crippen LogP contribution in [0.2, 0.25) is 0 Å². The highest BCUT2D eigenvalue weighted by Gasteiger charge is 2.34. The summed E-state index contributed by atoms with van der Waals surface area (Å²) >= 11 is 0. The van der Waals surface area contributed by atoms with Gasteiger partial charge in [0.2, 0.25) is 11.8 Å². The number of hydrogen-bond acceptors (Lipinski definition) is 3. The van der Waals surface area contributed by atoms with E-state index in [0.29, 0.717) is 19.7 Å². The quantitative estimate of drug-likeness (QED) is 0.672. The van der Waals surface area contributed by atoms with Gasteiger partial charge in [-0.1, -0.05) is 36.4 Å². The lowest BCUT2D eigenvalue weighted by Crippen LogP contribution is -2.28. The molecule has 4 rings (SSSR count). The Morgan fingerprint density at radius 2 is 1.97 bits per heavy atom. The van der Waals surface area contributed by atoms with Crippen LogP contribution < -0.4 is 5.32 Å². The number of aromatic nitrogens is 1. The van der Waals surface area contributed by atoms with E-state index >= 15 is 0 Å². The van der Waals surface area contributed by atoms with E-state index in [1.807, 2.05) is 60.8 Å². The minimum atomic E-state index is -0.336. The fourth-order valence-corrected chi connectivity index (χ4v) is 3.86. The standard InChI is InChI=1S/C23H25N3O3/c1-29-13-12-25-11-10-19-20(8-5-9-21(19)25)24-23(28)18-14-22(27)26(16-18)15-17-6-3-2-4-7-17/h2-11,18H,12-16H2,1H3,(H,24,28)/t18-/m0/s1. The number of carbonyl (C=O) groups excluding carboxylic acids is 2. The lowest BCUT2D eigenvalue weighted by molar-refractivity contribution is -0.128. The molecule has 1 N–H and O–H groups in total. The fraction of sp³-hybridized carbons (Fsp3) is 0.304. The number of likely N-dealkylation sites (tertiary alicyclic amines) is 1. The monoisotopic (exact) mass is 391 g/mol. The summed E-state index contributed by atoms with van der Waals surface area (Å²) in [5, 5.41) is 4.03. The van der Waals surface area contributed by atoms with E-state index in [4.69, 9.17) is 4.74 Å². The number of rotatable bonds is 7. The van der Waals surface area contributed by atoms with Crippen molar-refractivity contribution in [1.82, 2.24) is 9.47 Å². The van der Waals surface area contributed by atoms with Gasteiger partial charge in [0.25, 0.3) is 0 Å². The largest absolute Gasteiger partial charge is 0.383 e. The van der Waals surface area contributed by atoms with Gasteiger partial charge < -0.3 is 19.5 Å². The number of anilines is 1. The maximum absolute atomic E-state index is 12.9. The van der Waals surface area contributed by atoms with Crippen LogP contribution in [0.3, 0.4) is 0 Å². The normalized spacial score (nSPS) is 16.5. The summed E-state index contributed by atoms with van der Waals surface area (Å²) < 4.78 is 7.27. The Morgan fingerprint density at radius 1 is 1.14 bits per heavy atom. The average molecular weight is 391 g/mol. The molecule has 1 saturated heterocycles. The first kappa shape index (κ1) is 19.2. The average Bonchev–Trinajstić information content (AvgIpc) is 3.31. The molecule has 150 valence electrons. The van der Waals surface area contributed by atoms with Crippen LogP contribution in [0, 0.1) is 5.92 Å². The Labute approximate surface area is 170 Å². The molecule has 6 heteroatoms. The van der Waals surface area contributed by atoms with Gasteiger partial charge in [0.15, 0.2) is 0 Å². The number of benzene rings is 2. The van der Waals surface area contributed by atoms with E-state index in [9.17, 15) is 9.59 Å². The third-order valence-corrected chi connectivity index (χ3v) is 5.41. The minimum Gasteiger partial charge on any atom is -0.383 e. The van der Waals surface area contributed by atoms with Crippen molar-refractivity contribution >= 4 is 28.4 Å². The zero-order chi connectivity index (χ0) is 20.2. The summed E-state index contributed by atoms with van der Waals surface area (Å²) in [5.41, 5.74) is 2.90. The van der Waals surface area contributed by atoms with Crippen molar-refractivity contribution in [2.75, 3.05) is 25.6 Å². The van der Waals surface area contributed by atoms with E-state index in [0.717, 1.165) is 28.7 Å². The molecule has 0 saturated carbocycles. The first-order valence-electron chi connectivity index (χ1n) is 9.85. The van der Waals surface area contributed by atoms with E-state index < -0.39 is 0 Å². The molecule has 0 bridgehead atoms. The molecular formula is C23H25N3O3. The predicted octanol–water partition coefficient (Wildman–Crippen LogP) is 3.27. The van der Waals surface area contributed by atoms with Crippen molar-refractivity contribution < 1.29 is 14.3 Å². The van der Waals surface area contributed by atoms with Gasteiger partial charge in [-0.3, -0.25) is 9.59 Å². The van der Waals surface area contributed by atoms with Crippen molar-refractivity contribution in [1.29, 1.82) is 0 Å². The first-order valence-corrected chi connectivity index (χ1v) is 9.85. The summed E-state index contributed by atoms with van der Waals surface area (Å²) in [6.45, 7) is 2.37. The van der Waals surface area contributed by atoms with Crippen molar-refractivity contribution in [3.63, 3.8) is 0 Å². The van der Waals surface area contributed by atoms with Crippen LogP contribution in [0.1, 0.15) is 12.0 Å². The molecule has 0 radical (unpaired) electrons. The Kier molecular flexibility index (Phi) is 5.62. The van der Waals surface area contributed by atoms with Crippen LogP contribution >= 0.6 is 0 Å². The van der Waals surface area contributed by atoms with Crippen molar-refractivity contribution in [3.8, 4) is 0 Å². The van der Waals surface area contributed by atoms with Crippen LogP contribution in [-0.2, 0) is 27.4 Å². The topological polar surface area (TPSA) is 63.6 Å². The lowest BCUT2D eigenvalue weighted by atomic mass is 10.1. The van der Waals surface area contributed by atoms with Gasteiger partial charge in [-0.25, -0.2) is 0 Å². The van der Waals surface area contributed by atoms with Gasteiger partial charge in [0.05, 0.1) is 23.7 Å². The molecule has 0 spiro atoms. The number of methoxy groups -OCH3 is 1. The van der Waals surface area contributed by atoms with E-state index in [-0.39, 0.29) is 24.2 Å². The van der Waals surface area contributed by atoms with Gasteiger partial charge in [0, 0.05) is 44.7 Å². The number of carbonyl (C=O) groups is 2. The summed E-state index contributed by atoms with van der Waals surface area (Å²) in [4.78, 5) is 27.0. The number of amides is 2. The SMILES string of the molecule is COCCn1ccc2c(NC(=O)[C@H]3CC(=O)N(Cc4ccccc4)C3)cccc21. The molecule has 6 nitrogen and oxygen atoms in total. The minimum absolute atomic E-state index is 0.0259. The van der Waals surface area contributed by atoms with Crippen LogP contribution in [0.15, 0.2) is 60.8 Å². The maximum atomic E-state index is 12.9. The smallest absolute Gasteiger partial charge is 0.229 e. The van der Waals surface area contributed by atoms with Crippen molar-refractivity contribution in [2.45, 2.75) is 19.5 Å². The summed E-state index contributed by atoms with van der Waals surface area (Å²) in [6.07, 6.45) is 2.25. The van der Waals surface area contributed by atoms with Crippen LogP contribution in [0.5, 0.6) is 0 Å². The molecule has 1 aliphatic rings. The highest BCUT2D eigenvalue weighted by molar-refractivity contribution is 6.03. The number of nitrogens with one attached hydrogen (secondary N) is 1. The molecule has 1 aromatic heterocycles. The van der Waals surface area contributed by atoms with Crippen molar-refractivity contribution in [2.24, 2.45) is 5.92 Å². The second-order valence-corrected chi connectivity index (χ2v) is 7.39. The first-order chi connectivity index (χ1) is 14.2. The second-order valence-electron chi connectivity index (χ2n) is 7.39. The number of ether oxygens (including phenoxy) is 1. The third kappa shape index (κ3) is 4.17. The molecule has 1 atom stereocenters. The predicted molar refractivity (Wildman–Crippen MR) is 112 cm³/mol. The van der Waals surface area contributed by atoms with Crippen LogP contribution in [0.4, 0.5) is 5.69 Å². The molecule has 2 aromatic carbocycles. The molecule has 1 aliphatic heterocycles. The van der Waals surface area contributed by atoms with Gasteiger partial charge in [0.1, 0.15) is 0 Å². The van der Waals surface area contributed by atoms with Gasteiger partial charge in [-0.05, 0) is 23.8 Å². The number of hydrogen-bond donors (Lipinski definition) is 1.